The molecule has 6 nitrogen and oxygen atoms in total. The summed E-state index contributed by atoms with van der Waals surface area (Å²) in [5.74, 6) is 0.639. The molecule has 5 rings (SSSR count). The predicted octanol–water partition coefficient (Wildman–Crippen LogP) is 3.59. The molecule has 3 heterocycles. The van der Waals surface area contributed by atoms with Crippen LogP contribution in [0, 0.1) is 17.1 Å². The second-order valence-electron chi connectivity index (χ2n) is 9.00. The normalized spacial score (nSPS) is 23.2. The molecule has 1 amide bonds. The van der Waals surface area contributed by atoms with Crippen LogP contribution in [0.25, 0.3) is 0 Å². The second kappa shape index (κ2) is 8.34. The Morgan fingerprint density at radius 2 is 2.00 bits per heavy atom. The van der Waals surface area contributed by atoms with Crippen molar-refractivity contribution in [3.05, 3.63) is 58.5 Å². The zero-order valence-corrected chi connectivity index (χ0v) is 18.5. The van der Waals surface area contributed by atoms with Crippen molar-refractivity contribution in [3.63, 3.8) is 0 Å². The lowest BCUT2D eigenvalue weighted by molar-refractivity contribution is -0.132. The van der Waals surface area contributed by atoms with E-state index in [2.05, 4.69) is 21.3 Å². The van der Waals surface area contributed by atoms with Crippen LogP contribution in [0.1, 0.15) is 43.2 Å². The van der Waals surface area contributed by atoms with Gasteiger partial charge in [0.2, 0.25) is 5.91 Å². The Balaban J connectivity index is 1.16. The fraction of sp³-hybridized carbons (Fsp3) is 0.458. The van der Waals surface area contributed by atoms with Crippen molar-refractivity contribution in [1.29, 1.82) is 5.26 Å². The van der Waals surface area contributed by atoms with Gasteiger partial charge in [0.25, 0.3) is 0 Å². The number of nitrogens with zero attached hydrogens (tertiary/aromatic N) is 4. The molecule has 3 fully saturated rings. The maximum atomic E-state index is 13.5. The number of benzene rings is 1. The van der Waals surface area contributed by atoms with E-state index >= 15 is 0 Å². The number of piperazine rings is 1. The number of rotatable bonds is 6. The summed E-state index contributed by atoms with van der Waals surface area (Å²) in [5, 5.41) is 12.6. The minimum atomic E-state index is -0.411. The Bertz CT molecular complexity index is 1050. The molecule has 1 N–H and O–H groups in total. The van der Waals surface area contributed by atoms with Gasteiger partial charge in [0.1, 0.15) is 17.7 Å². The molecule has 2 atom stereocenters. The first-order chi connectivity index (χ1) is 15.5. The van der Waals surface area contributed by atoms with Crippen LogP contribution in [0.5, 0.6) is 0 Å². The van der Waals surface area contributed by atoms with Gasteiger partial charge in [-0.15, -0.1) is 0 Å². The van der Waals surface area contributed by atoms with Gasteiger partial charge in [0, 0.05) is 49.9 Å². The van der Waals surface area contributed by atoms with Gasteiger partial charge in [-0.25, -0.2) is 9.37 Å². The minimum Gasteiger partial charge on any atom is -0.347 e. The van der Waals surface area contributed by atoms with Crippen molar-refractivity contribution in [1.82, 2.24) is 15.2 Å². The molecule has 1 aromatic carbocycles. The summed E-state index contributed by atoms with van der Waals surface area (Å²) in [6, 6.07) is 11.2. The number of nitrogens with one attached hydrogen (secondary N) is 1. The van der Waals surface area contributed by atoms with Gasteiger partial charge >= 0.3 is 0 Å². The van der Waals surface area contributed by atoms with Crippen molar-refractivity contribution in [2.24, 2.45) is 0 Å². The first kappa shape index (κ1) is 21.2. The van der Waals surface area contributed by atoms with E-state index in [1.165, 1.54) is 6.07 Å². The summed E-state index contributed by atoms with van der Waals surface area (Å²) in [6.45, 7) is 1.99. The standard InChI is InChI=1S/C24H25ClFN5O/c25-20-11-17(2-5-21(20)26)24(8-9-24)29-10-7-23(32)30-14-18-3-4-19(15-30)31(18)22-6-1-16(12-27)13-28-22/h1-2,5-6,11,13,18-19,29H,3-4,7-10,14-15H2. The van der Waals surface area contributed by atoms with Crippen LogP contribution in [0.2, 0.25) is 5.02 Å². The third-order valence-corrected chi connectivity index (χ3v) is 7.29. The van der Waals surface area contributed by atoms with Gasteiger partial charge in [-0.3, -0.25) is 4.79 Å². The van der Waals surface area contributed by atoms with E-state index < -0.39 is 5.82 Å². The topological polar surface area (TPSA) is 72.3 Å². The van der Waals surface area contributed by atoms with Gasteiger partial charge in [0.15, 0.2) is 0 Å². The molecule has 32 heavy (non-hydrogen) atoms. The summed E-state index contributed by atoms with van der Waals surface area (Å²) in [7, 11) is 0. The maximum absolute atomic E-state index is 13.5. The molecule has 2 saturated heterocycles. The molecular formula is C24H25ClFN5O. The van der Waals surface area contributed by atoms with Crippen LogP contribution in [0.3, 0.4) is 0 Å². The molecule has 2 aliphatic heterocycles. The van der Waals surface area contributed by atoms with Crippen molar-refractivity contribution < 1.29 is 9.18 Å². The largest absolute Gasteiger partial charge is 0.347 e. The van der Waals surface area contributed by atoms with E-state index in [0.717, 1.165) is 37.1 Å². The lowest BCUT2D eigenvalue weighted by atomic mass is 10.0. The Morgan fingerprint density at radius 1 is 1.25 bits per heavy atom. The van der Waals surface area contributed by atoms with Crippen molar-refractivity contribution in [2.45, 2.75) is 49.7 Å². The van der Waals surface area contributed by atoms with E-state index in [0.29, 0.717) is 31.6 Å². The van der Waals surface area contributed by atoms with Crippen LogP contribution >= 0.6 is 11.6 Å². The highest BCUT2D eigenvalue weighted by Crippen LogP contribution is 2.46. The third-order valence-electron chi connectivity index (χ3n) is 7.00. The van der Waals surface area contributed by atoms with Crippen LogP contribution in [0.15, 0.2) is 36.5 Å². The zero-order chi connectivity index (χ0) is 22.3. The van der Waals surface area contributed by atoms with Gasteiger partial charge < -0.3 is 15.1 Å². The summed E-state index contributed by atoms with van der Waals surface area (Å²) in [4.78, 5) is 21.7. The Kier molecular flexibility index (Phi) is 5.52. The van der Waals surface area contributed by atoms with Crippen LogP contribution < -0.4 is 10.2 Å². The highest BCUT2D eigenvalue weighted by atomic mass is 35.5. The van der Waals surface area contributed by atoms with E-state index in [1.807, 2.05) is 11.0 Å². The zero-order valence-electron chi connectivity index (χ0n) is 17.7. The fourth-order valence-electron chi connectivity index (χ4n) is 5.14. The van der Waals surface area contributed by atoms with Crippen LogP contribution in [-0.2, 0) is 10.3 Å². The highest BCUT2D eigenvalue weighted by molar-refractivity contribution is 6.30. The quantitative estimate of drug-likeness (QED) is 0.723. The van der Waals surface area contributed by atoms with Crippen molar-refractivity contribution in [3.8, 4) is 6.07 Å². The number of halogens is 2. The SMILES string of the molecule is N#Cc1ccc(N2C3CCC2CN(C(=O)CCNC2(c4ccc(F)c(Cl)c4)CC2)C3)nc1. The molecule has 0 radical (unpaired) electrons. The summed E-state index contributed by atoms with van der Waals surface area (Å²) in [6.07, 6.45) is 6.06. The number of hydrogen-bond donors (Lipinski definition) is 1. The molecule has 1 aromatic heterocycles. The molecule has 3 aliphatic rings. The average molecular weight is 454 g/mol. The molecule has 166 valence electrons. The predicted molar refractivity (Wildman–Crippen MR) is 120 cm³/mol. The van der Waals surface area contributed by atoms with Gasteiger partial charge in [-0.05, 0) is 55.5 Å². The number of hydrogen-bond acceptors (Lipinski definition) is 5. The molecule has 8 heteroatoms. The van der Waals surface area contributed by atoms with E-state index in [4.69, 9.17) is 16.9 Å². The second-order valence-corrected chi connectivity index (χ2v) is 9.40. The maximum Gasteiger partial charge on any atom is 0.223 e. The van der Waals surface area contributed by atoms with Crippen molar-refractivity contribution >= 4 is 23.3 Å². The van der Waals surface area contributed by atoms with Crippen LogP contribution in [0.4, 0.5) is 10.2 Å². The highest BCUT2D eigenvalue weighted by Gasteiger charge is 2.45. The molecule has 0 spiro atoms. The molecular weight excluding hydrogens is 429 g/mol. The molecule has 2 bridgehead atoms. The number of anilines is 1. The number of pyridine rings is 1. The van der Waals surface area contributed by atoms with Gasteiger partial charge in [-0.1, -0.05) is 17.7 Å². The summed E-state index contributed by atoms with van der Waals surface area (Å²) < 4.78 is 13.5. The number of carbonyl (C=O) groups excluding carboxylic acids is 1. The number of aromatic nitrogens is 1. The number of fused-ring (bicyclic) bond motifs is 2. The third kappa shape index (κ3) is 3.94. The number of nitriles is 1. The number of likely N-dealkylation sites (tertiary alicyclic amines) is 1. The Morgan fingerprint density at radius 3 is 2.59 bits per heavy atom. The van der Waals surface area contributed by atoms with Crippen LogP contribution in [-0.4, -0.2) is 47.5 Å². The van der Waals surface area contributed by atoms with Crippen molar-refractivity contribution in [2.75, 3.05) is 24.5 Å². The molecule has 1 aliphatic carbocycles. The number of carbonyl (C=O) groups is 1. The summed E-state index contributed by atoms with van der Waals surface area (Å²) in [5.41, 5.74) is 1.35. The monoisotopic (exact) mass is 453 g/mol. The smallest absolute Gasteiger partial charge is 0.223 e. The van der Waals surface area contributed by atoms with Gasteiger partial charge in [-0.2, -0.15) is 5.26 Å². The minimum absolute atomic E-state index is 0.136. The lowest BCUT2D eigenvalue weighted by Crippen LogP contribution is -2.56. The van der Waals surface area contributed by atoms with Gasteiger partial charge in [0.05, 0.1) is 10.6 Å². The average Bonchev–Trinajstić information content (AvgIpc) is 3.55. The van der Waals surface area contributed by atoms with E-state index in [-0.39, 0.29) is 28.6 Å². The molecule has 2 aromatic rings. The Labute approximate surface area is 192 Å². The summed E-state index contributed by atoms with van der Waals surface area (Å²) >= 11 is 5.95. The van der Waals surface area contributed by atoms with E-state index in [9.17, 15) is 9.18 Å². The number of amides is 1. The molecule has 1 saturated carbocycles. The Hall–Kier alpha value is -2.69. The fourth-order valence-corrected chi connectivity index (χ4v) is 5.32. The van der Waals surface area contributed by atoms with E-state index in [1.54, 1.807) is 24.4 Å². The first-order valence-corrected chi connectivity index (χ1v) is 11.5. The first-order valence-electron chi connectivity index (χ1n) is 11.1. The lowest BCUT2D eigenvalue weighted by Gasteiger charge is -2.42. The molecule has 2 unspecified atom stereocenters.